The average Bonchev–Trinajstić information content (AvgIpc) is 2.79. The van der Waals surface area contributed by atoms with Crippen molar-refractivity contribution in [3.05, 3.63) is 107 Å². The smallest absolute Gasteiger partial charge is 0.416 e. The van der Waals surface area contributed by atoms with Gasteiger partial charge in [-0.25, -0.2) is 4.79 Å². The van der Waals surface area contributed by atoms with Gasteiger partial charge in [0.05, 0.1) is 5.56 Å². The quantitative estimate of drug-likeness (QED) is 0.512. The lowest BCUT2D eigenvalue weighted by Gasteiger charge is -2.27. The molecule has 3 aromatic rings. The van der Waals surface area contributed by atoms with Crippen molar-refractivity contribution in [1.29, 1.82) is 0 Å². The van der Waals surface area contributed by atoms with Gasteiger partial charge < -0.3 is 15.5 Å². The van der Waals surface area contributed by atoms with Crippen LogP contribution in [0.2, 0.25) is 0 Å². The van der Waals surface area contributed by atoms with Gasteiger partial charge in [-0.2, -0.15) is 13.2 Å². The molecular weight excluding hydrogens is 423 g/mol. The van der Waals surface area contributed by atoms with E-state index < -0.39 is 41.7 Å². The first-order chi connectivity index (χ1) is 15.2. The van der Waals surface area contributed by atoms with Crippen LogP contribution in [0.25, 0.3) is 0 Å². The van der Waals surface area contributed by atoms with Crippen LogP contribution in [0.1, 0.15) is 34.3 Å². The molecule has 0 aliphatic carbocycles. The van der Waals surface area contributed by atoms with Gasteiger partial charge in [0.15, 0.2) is 6.10 Å². The average molecular weight is 443 g/mol. The molecule has 3 rings (SSSR count). The van der Waals surface area contributed by atoms with Crippen LogP contribution in [0.3, 0.4) is 0 Å². The summed E-state index contributed by atoms with van der Waals surface area (Å²) in [6.07, 6.45) is -6.40. The Hall–Kier alpha value is -3.65. The summed E-state index contributed by atoms with van der Waals surface area (Å²) >= 11 is 0. The topological polar surface area (TPSA) is 86.6 Å². The number of aliphatic hydroxyl groups excluding tert-OH is 1. The van der Waals surface area contributed by atoms with Crippen molar-refractivity contribution in [2.24, 2.45) is 0 Å². The molecule has 0 saturated carbocycles. The maximum atomic E-state index is 12.7. The molecule has 1 amide bonds. The summed E-state index contributed by atoms with van der Waals surface area (Å²) in [5.41, 5.74) is 0.256. The van der Waals surface area contributed by atoms with Gasteiger partial charge in [-0.1, -0.05) is 72.8 Å². The molecule has 2 atom stereocenters. The first kappa shape index (κ1) is 23.0. The number of aliphatic carboxylic acids is 1. The molecule has 3 aromatic carbocycles. The maximum Gasteiger partial charge on any atom is 0.416 e. The molecule has 32 heavy (non-hydrogen) atoms. The van der Waals surface area contributed by atoms with Crippen molar-refractivity contribution >= 4 is 11.9 Å². The molecule has 0 aromatic heterocycles. The Bertz CT molecular complexity index is 1010. The van der Waals surface area contributed by atoms with Crippen LogP contribution < -0.4 is 5.32 Å². The van der Waals surface area contributed by atoms with Gasteiger partial charge in [-0.15, -0.1) is 0 Å². The number of alkyl halides is 3. The number of benzene rings is 3. The Labute approximate surface area is 182 Å². The van der Waals surface area contributed by atoms with E-state index in [1.165, 1.54) is 0 Å². The molecule has 0 aliphatic rings. The minimum Gasteiger partial charge on any atom is -0.480 e. The van der Waals surface area contributed by atoms with E-state index in [1.807, 2.05) is 0 Å². The second kappa shape index (κ2) is 9.65. The molecule has 3 N–H and O–H groups in total. The van der Waals surface area contributed by atoms with E-state index in [0.717, 1.165) is 24.3 Å². The highest BCUT2D eigenvalue weighted by Gasteiger charge is 2.34. The molecule has 0 spiro atoms. The summed E-state index contributed by atoms with van der Waals surface area (Å²) in [6.45, 7) is 0. The third kappa shape index (κ3) is 5.33. The van der Waals surface area contributed by atoms with Crippen molar-refractivity contribution in [2.45, 2.75) is 24.2 Å². The zero-order valence-corrected chi connectivity index (χ0v) is 16.7. The molecule has 0 bridgehead atoms. The van der Waals surface area contributed by atoms with E-state index in [9.17, 15) is 33.0 Å². The SMILES string of the molecule is O=C(O)[C@@H](NC(=O)[C@H](O)c1ccc(C(F)(F)F)cc1)C(c1ccccc1)c1ccccc1. The third-order valence-corrected chi connectivity index (χ3v) is 5.02. The van der Waals surface area contributed by atoms with Crippen LogP contribution in [-0.4, -0.2) is 28.1 Å². The number of carboxylic acid groups (broad SMARTS) is 1. The summed E-state index contributed by atoms with van der Waals surface area (Å²) in [4.78, 5) is 24.8. The number of rotatable bonds is 7. The number of nitrogens with one attached hydrogen (secondary N) is 1. The Morgan fingerprint density at radius 2 is 1.22 bits per heavy atom. The van der Waals surface area contributed by atoms with E-state index in [-0.39, 0.29) is 5.56 Å². The molecule has 0 heterocycles. The molecule has 166 valence electrons. The summed E-state index contributed by atoms with van der Waals surface area (Å²) in [5, 5.41) is 22.6. The Kier molecular flexibility index (Phi) is 6.95. The Balaban J connectivity index is 1.88. The van der Waals surface area contributed by atoms with Crippen molar-refractivity contribution < 1.29 is 33.0 Å². The molecule has 8 heteroatoms. The highest BCUT2D eigenvalue weighted by molar-refractivity contribution is 5.88. The highest BCUT2D eigenvalue weighted by atomic mass is 19.4. The van der Waals surface area contributed by atoms with Gasteiger partial charge in [-0.05, 0) is 28.8 Å². The lowest BCUT2D eigenvalue weighted by atomic mass is 9.84. The minimum absolute atomic E-state index is 0.0874. The van der Waals surface area contributed by atoms with Crippen LogP contribution in [-0.2, 0) is 15.8 Å². The number of aliphatic hydroxyl groups is 1. The lowest BCUT2D eigenvalue weighted by molar-refractivity contribution is -0.144. The number of amides is 1. The van der Waals surface area contributed by atoms with E-state index in [2.05, 4.69) is 5.32 Å². The summed E-state index contributed by atoms with van der Waals surface area (Å²) < 4.78 is 38.2. The van der Waals surface area contributed by atoms with Crippen molar-refractivity contribution in [3.8, 4) is 0 Å². The van der Waals surface area contributed by atoms with Gasteiger partial charge in [0, 0.05) is 5.92 Å². The van der Waals surface area contributed by atoms with E-state index in [1.54, 1.807) is 60.7 Å². The molecule has 0 radical (unpaired) electrons. The van der Waals surface area contributed by atoms with Gasteiger partial charge >= 0.3 is 12.1 Å². The maximum absolute atomic E-state index is 12.7. The van der Waals surface area contributed by atoms with E-state index >= 15 is 0 Å². The molecular formula is C24H20F3NO4. The molecule has 0 aliphatic heterocycles. The van der Waals surface area contributed by atoms with Crippen molar-refractivity contribution in [3.63, 3.8) is 0 Å². The Morgan fingerprint density at radius 1 is 0.750 bits per heavy atom. The van der Waals surface area contributed by atoms with Gasteiger partial charge in [0.25, 0.3) is 5.91 Å². The first-order valence-electron chi connectivity index (χ1n) is 9.67. The van der Waals surface area contributed by atoms with Crippen LogP contribution in [0.4, 0.5) is 13.2 Å². The van der Waals surface area contributed by atoms with E-state index in [0.29, 0.717) is 11.1 Å². The van der Waals surface area contributed by atoms with Crippen LogP contribution >= 0.6 is 0 Å². The predicted octanol–water partition coefficient (Wildman–Crippen LogP) is 4.14. The summed E-state index contributed by atoms with van der Waals surface area (Å²) in [7, 11) is 0. The second-order valence-electron chi connectivity index (χ2n) is 7.15. The first-order valence-corrected chi connectivity index (χ1v) is 9.67. The number of hydrogen-bond acceptors (Lipinski definition) is 3. The standard InChI is InChI=1S/C24H20F3NO4/c25-24(26,27)18-13-11-17(12-14-18)21(29)22(30)28-20(23(31)32)19(15-7-3-1-4-8-15)16-9-5-2-6-10-16/h1-14,19-21,29H,(H,28,30)(H,31,32)/t20-,21+/m0/s1. The van der Waals surface area contributed by atoms with Crippen molar-refractivity contribution in [2.75, 3.05) is 0 Å². The number of halogens is 3. The molecule has 5 nitrogen and oxygen atoms in total. The van der Waals surface area contributed by atoms with Gasteiger partial charge in [0.2, 0.25) is 0 Å². The van der Waals surface area contributed by atoms with Crippen molar-refractivity contribution in [1.82, 2.24) is 5.32 Å². The number of carbonyl (C=O) groups excluding carboxylic acids is 1. The monoisotopic (exact) mass is 443 g/mol. The zero-order chi connectivity index (χ0) is 23.3. The highest BCUT2D eigenvalue weighted by Crippen LogP contribution is 2.31. The summed E-state index contributed by atoms with van der Waals surface area (Å²) in [6, 6.07) is 19.4. The van der Waals surface area contributed by atoms with Gasteiger partial charge in [0.1, 0.15) is 6.04 Å². The molecule has 0 unspecified atom stereocenters. The second-order valence-corrected chi connectivity index (χ2v) is 7.15. The van der Waals surface area contributed by atoms with Crippen LogP contribution in [0.15, 0.2) is 84.9 Å². The molecule has 0 saturated heterocycles. The fourth-order valence-corrected chi connectivity index (χ4v) is 3.42. The third-order valence-electron chi connectivity index (χ3n) is 5.02. The van der Waals surface area contributed by atoms with Gasteiger partial charge in [-0.3, -0.25) is 4.79 Å². The fourth-order valence-electron chi connectivity index (χ4n) is 3.42. The molecule has 0 fully saturated rings. The lowest BCUT2D eigenvalue weighted by Crippen LogP contribution is -2.47. The zero-order valence-electron chi connectivity index (χ0n) is 16.7. The Morgan fingerprint density at radius 3 is 1.62 bits per heavy atom. The normalized spacial score (nSPS) is 13.4. The number of hydrogen-bond donors (Lipinski definition) is 3. The predicted molar refractivity (Wildman–Crippen MR) is 111 cm³/mol. The van der Waals surface area contributed by atoms with Crippen LogP contribution in [0.5, 0.6) is 0 Å². The summed E-state index contributed by atoms with van der Waals surface area (Å²) in [5.74, 6) is -3.12. The fraction of sp³-hybridized carbons (Fsp3) is 0.167. The number of carboxylic acids is 1. The van der Waals surface area contributed by atoms with Crippen LogP contribution in [0, 0.1) is 0 Å². The minimum atomic E-state index is -4.56. The van der Waals surface area contributed by atoms with E-state index in [4.69, 9.17) is 0 Å². The largest absolute Gasteiger partial charge is 0.480 e. The number of carbonyl (C=O) groups is 2.